The fraction of sp³-hybridized carbons (Fsp3) is 0.381. The number of carbonyl (C=O) groups is 1. The van der Waals surface area contributed by atoms with E-state index in [0.29, 0.717) is 42.6 Å². The highest BCUT2D eigenvalue weighted by atomic mass is 16.5. The van der Waals surface area contributed by atoms with E-state index in [-0.39, 0.29) is 5.91 Å². The van der Waals surface area contributed by atoms with Crippen LogP contribution in [0.2, 0.25) is 0 Å². The van der Waals surface area contributed by atoms with E-state index < -0.39 is 0 Å². The van der Waals surface area contributed by atoms with Gasteiger partial charge in [-0.3, -0.25) is 4.79 Å². The lowest BCUT2D eigenvalue weighted by Gasteiger charge is -2.12. The first-order valence-electron chi connectivity index (χ1n) is 8.78. The van der Waals surface area contributed by atoms with Crippen LogP contribution in [-0.4, -0.2) is 26.7 Å². The minimum atomic E-state index is -0.0766. The second-order valence-corrected chi connectivity index (χ2v) is 6.29. The predicted molar refractivity (Wildman–Crippen MR) is 103 cm³/mol. The number of rotatable bonds is 9. The van der Waals surface area contributed by atoms with Gasteiger partial charge in [-0.15, -0.1) is 0 Å². The van der Waals surface area contributed by atoms with Gasteiger partial charge in [0, 0.05) is 12.5 Å². The van der Waals surface area contributed by atoms with E-state index in [1.807, 2.05) is 12.1 Å². The van der Waals surface area contributed by atoms with Gasteiger partial charge in [0.2, 0.25) is 5.91 Å². The van der Waals surface area contributed by atoms with Gasteiger partial charge in [0.15, 0.2) is 0 Å². The van der Waals surface area contributed by atoms with Crippen molar-refractivity contribution in [2.24, 2.45) is 0 Å². The van der Waals surface area contributed by atoms with Crippen LogP contribution in [0.25, 0.3) is 0 Å². The van der Waals surface area contributed by atoms with E-state index in [1.54, 1.807) is 32.4 Å². The third-order valence-electron chi connectivity index (χ3n) is 4.05. The predicted octanol–water partition coefficient (Wildman–Crippen LogP) is 4.62. The molecule has 1 amide bonds. The molecule has 0 aliphatic heterocycles. The van der Waals surface area contributed by atoms with Crippen LogP contribution in [0.3, 0.4) is 0 Å². The molecule has 2 aromatic rings. The lowest BCUT2D eigenvalue weighted by atomic mass is 10.0. The summed E-state index contributed by atoms with van der Waals surface area (Å²) in [5.41, 5.74) is 1.91. The van der Waals surface area contributed by atoms with Crippen LogP contribution in [-0.2, 0) is 4.79 Å². The topological polar surface area (TPSA) is 56.8 Å². The molecule has 0 radical (unpaired) electrons. The zero-order valence-electron chi connectivity index (χ0n) is 15.9. The summed E-state index contributed by atoms with van der Waals surface area (Å²) in [7, 11) is 3.15. The molecule has 2 rings (SSSR count). The van der Waals surface area contributed by atoms with Crippen molar-refractivity contribution in [1.29, 1.82) is 0 Å². The Balaban J connectivity index is 1.77. The molecule has 0 atom stereocenters. The quantitative estimate of drug-likeness (QED) is 0.665. The Labute approximate surface area is 155 Å². The highest BCUT2D eigenvalue weighted by Gasteiger charge is 2.09. The van der Waals surface area contributed by atoms with Crippen molar-refractivity contribution < 1.29 is 19.0 Å². The van der Waals surface area contributed by atoms with E-state index in [1.165, 1.54) is 5.56 Å². The number of amides is 1. The molecule has 0 bridgehead atoms. The fourth-order valence-corrected chi connectivity index (χ4v) is 2.49. The van der Waals surface area contributed by atoms with Crippen molar-refractivity contribution in [1.82, 2.24) is 0 Å². The third kappa shape index (κ3) is 5.69. The molecule has 26 heavy (non-hydrogen) atoms. The standard InChI is InChI=1S/C21H27NO4/c1-15(2)16-7-9-17(10-8-16)26-13-5-6-21(23)22-19-12-11-18(24-3)14-20(19)25-4/h7-12,14-15H,5-6,13H2,1-4H3,(H,22,23). The monoisotopic (exact) mass is 357 g/mol. The van der Waals surface area contributed by atoms with Crippen LogP contribution in [0.5, 0.6) is 17.2 Å². The molecule has 5 nitrogen and oxygen atoms in total. The van der Waals surface area contributed by atoms with Gasteiger partial charge >= 0.3 is 0 Å². The second-order valence-electron chi connectivity index (χ2n) is 6.29. The number of hydrogen-bond acceptors (Lipinski definition) is 4. The van der Waals surface area contributed by atoms with E-state index in [9.17, 15) is 4.79 Å². The van der Waals surface area contributed by atoms with Crippen molar-refractivity contribution in [2.75, 3.05) is 26.1 Å². The van der Waals surface area contributed by atoms with Gasteiger partial charge in [-0.1, -0.05) is 26.0 Å². The number of methoxy groups -OCH3 is 2. The molecule has 0 saturated carbocycles. The third-order valence-corrected chi connectivity index (χ3v) is 4.05. The van der Waals surface area contributed by atoms with Crippen LogP contribution in [0, 0.1) is 0 Å². The van der Waals surface area contributed by atoms with Crippen molar-refractivity contribution in [3.8, 4) is 17.2 Å². The summed E-state index contributed by atoms with van der Waals surface area (Å²) in [5.74, 6) is 2.50. The molecule has 0 saturated heterocycles. The van der Waals surface area contributed by atoms with Gasteiger partial charge in [-0.2, -0.15) is 0 Å². The van der Waals surface area contributed by atoms with Crippen molar-refractivity contribution in [3.63, 3.8) is 0 Å². The number of ether oxygens (including phenoxy) is 3. The Kier molecular flexibility index (Phi) is 7.33. The lowest BCUT2D eigenvalue weighted by molar-refractivity contribution is -0.116. The Bertz CT molecular complexity index is 710. The summed E-state index contributed by atoms with van der Waals surface area (Å²) < 4.78 is 16.1. The average molecular weight is 357 g/mol. The number of benzene rings is 2. The molecular formula is C21H27NO4. The molecule has 0 aliphatic carbocycles. The Morgan fingerprint density at radius 1 is 1.00 bits per heavy atom. The molecule has 5 heteroatoms. The molecule has 0 aliphatic rings. The molecule has 0 unspecified atom stereocenters. The summed E-state index contributed by atoms with van der Waals surface area (Å²) in [6.07, 6.45) is 1.01. The molecule has 1 N–H and O–H groups in total. The maximum atomic E-state index is 12.1. The fourth-order valence-electron chi connectivity index (χ4n) is 2.49. The SMILES string of the molecule is COc1ccc(NC(=O)CCCOc2ccc(C(C)C)cc2)c(OC)c1. The molecule has 0 spiro atoms. The molecular weight excluding hydrogens is 330 g/mol. The summed E-state index contributed by atoms with van der Waals surface area (Å²) in [4.78, 5) is 12.1. The molecule has 0 aromatic heterocycles. The number of nitrogens with one attached hydrogen (secondary N) is 1. The summed E-state index contributed by atoms with van der Waals surface area (Å²) in [5, 5.41) is 2.86. The van der Waals surface area contributed by atoms with Gasteiger partial charge in [0.1, 0.15) is 17.2 Å². The first kappa shape index (κ1) is 19.6. The normalized spacial score (nSPS) is 10.5. The smallest absolute Gasteiger partial charge is 0.224 e. The van der Waals surface area contributed by atoms with Crippen LogP contribution in [0.4, 0.5) is 5.69 Å². The number of anilines is 1. The largest absolute Gasteiger partial charge is 0.497 e. The highest BCUT2D eigenvalue weighted by Crippen LogP contribution is 2.29. The average Bonchev–Trinajstić information content (AvgIpc) is 2.66. The molecule has 140 valence electrons. The van der Waals surface area contributed by atoms with E-state index in [0.717, 1.165) is 5.75 Å². The van der Waals surface area contributed by atoms with E-state index >= 15 is 0 Å². The Morgan fingerprint density at radius 3 is 2.31 bits per heavy atom. The van der Waals surface area contributed by atoms with E-state index in [2.05, 4.69) is 31.3 Å². The van der Waals surface area contributed by atoms with Crippen LogP contribution >= 0.6 is 0 Å². The van der Waals surface area contributed by atoms with Crippen LogP contribution < -0.4 is 19.5 Å². The molecule has 2 aromatic carbocycles. The minimum Gasteiger partial charge on any atom is -0.497 e. The number of hydrogen-bond donors (Lipinski definition) is 1. The van der Waals surface area contributed by atoms with Crippen LogP contribution in [0.15, 0.2) is 42.5 Å². The van der Waals surface area contributed by atoms with E-state index in [4.69, 9.17) is 14.2 Å². The summed E-state index contributed by atoms with van der Waals surface area (Å²) in [6, 6.07) is 13.4. The van der Waals surface area contributed by atoms with Crippen molar-refractivity contribution in [3.05, 3.63) is 48.0 Å². The van der Waals surface area contributed by atoms with Gasteiger partial charge in [-0.05, 0) is 42.2 Å². The lowest BCUT2D eigenvalue weighted by Crippen LogP contribution is -2.13. The highest BCUT2D eigenvalue weighted by molar-refractivity contribution is 5.92. The first-order chi connectivity index (χ1) is 12.5. The summed E-state index contributed by atoms with van der Waals surface area (Å²) in [6.45, 7) is 4.81. The maximum absolute atomic E-state index is 12.1. The molecule has 0 fully saturated rings. The van der Waals surface area contributed by atoms with Crippen molar-refractivity contribution in [2.45, 2.75) is 32.6 Å². The summed E-state index contributed by atoms with van der Waals surface area (Å²) >= 11 is 0. The Morgan fingerprint density at radius 2 is 1.69 bits per heavy atom. The first-order valence-corrected chi connectivity index (χ1v) is 8.78. The second kappa shape index (κ2) is 9.70. The van der Waals surface area contributed by atoms with Crippen molar-refractivity contribution >= 4 is 11.6 Å². The number of carbonyl (C=O) groups excluding carboxylic acids is 1. The molecule has 0 heterocycles. The van der Waals surface area contributed by atoms with Gasteiger partial charge in [0.25, 0.3) is 0 Å². The minimum absolute atomic E-state index is 0.0766. The van der Waals surface area contributed by atoms with Gasteiger partial charge < -0.3 is 19.5 Å². The van der Waals surface area contributed by atoms with Crippen LogP contribution in [0.1, 0.15) is 38.2 Å². The zero-order valence-corrected chi connectivity index (χ0v) is 15.9. The zero-order chi connectivity index (χ0) is 18.9. The van der Waals surface area contributed by atoms with Gasteiger partial charge in [-0.25, -0.2) is 0 Å². The maximum Gasteiger partial charge on any atom is 0.224 e. The van der Waals surface area contributed by atoms with Gasteiger partial charge in [0.05, 0.1) is 26.5 Å². The Hall–Kier alpha value is -2.69.